The standard InChI is InChI=1S/C19H21NO4S/c1-13-4-10-17(11-5-13)25(22,23)20-14(2)12-18(20)19(21)15-6-8-16(24-3)9-7-15/h4-11,14,18H,12H2,1-3H3/t14-,18-/m0/s1. The van der Waals surface area contributed by atoms with Crippen LogP contribution in [0.1, 0.15) is 29.3 Å². The van der Waals surface area contributed by atoms with Gasteiger partial charge in [-0.1, -0.05) is 17.7 Å². The van der Waals surface area contributed by atoms with Crippen LogP contribution in [0, 0.1) is 6.92 Å². The van der Waals surface area contributed by atoms with E-state index < -0.39 is 16.1 Å². The topological polar surface area (TPSA) is 63.7 Å². The van der Waals surface area contributed by atoms with E-state index in [2.05, 4.69) is 0 Å². The zero-order chi connectivity index (χ0) is 18.2. The Morgan fingerprint density at radius 1 is 1.08 bits per heavy atom. The van der Waals surface area contributed by atoms with Crippen LogP contribution in [0.5, 0.6) is 5.75 Å². The van der Waals surface area contributed by atoms with Gasteiger partial charge in [-0.05, 0) is 56.7 Å². The van der Waals surface area contributed by atoms with Gasteiger partial charge in [0.25, 0.3) is 0 Å². The van der Waals surface area contributed by atoms with Crippen LogP contribution in [0.3, 0.4) is 0 Å². The zero-order valence-electron chi connectivity index (χ0n) is 14.5. The first kappa shape index (κ1) is 17.6. The molecule has 2 atom stereocenters. The summed E-state index contributed by atoms with van der Waals surface area (Å²) in [6.07, 6.45) is 0.524. The zero-order valence-corrected chi connectivity index (χ0v) is 15.3. The second-order valence-corrected chi connectivity index (χ2v) is 8.18. The van der Waals surface area contributed by atoms with Crippen molar-refractivity contribution in [2.45, 2.75) is 37.2 Å². The van der Waals surface area contributed by atoms with E-state index in [-0.39, 0.29) is 16.7 Å². The molecule has 1 aliphatic rings. The molecule has 0 N–H and O–H groups in total. The largest absolute Gasteiger partial charge is 0.497 e. The molecule has 2 aromatic rings. The predicted molar refractivity (Wildman–Crippen MR) is 95.4 cm³/mol. The minimum atomic E-state index is -3.70. The van der Waals surface area contributed by atoms with Gasteiger partial charge in [0.1, 0.15) is 5.75 Å². The van der Waals surface area contributed by atoms with E-state index in [0.29, 0.717) is 17.7 Å². The summed E-state index contributed by atoms with van der Waals surface area (Å²) < 4.78 is 32.3. The van der Waals surface area contributed by atoms with Gasteiger partial charge in [-0.15, -0.1) is 0 Å². The molecular weight excluding hydrogens is 338 g/mol. The van der Waals surface area contributed by atoms with Crippen molar-refractivity contribution in [3.8, 4) is 5.75 Å². The molecule has 0 radical (unpaired) electrons. The summed E-state index contributed by atoms with van der Waals surface area (Å²) in [5, 5.41) is 0. The Morgan fingerprint density at radius 3 is 2.20 bits per heavy atom. The second-order valence-electron chi connectivity index (χ2n) is 6.34. The molecule has 0 saturated carbocycles. The average Bonchev–Trinajstić information content (AvgIpc) is 2.59. The normalized spacial score (nSPS) is 20.8. The number of ether oxygens (including phenoxy) is 1. The highest BCUT2D eigenvalue weighted by molar-refractivity contribution is 7.89. The highest BCUT2D eigenvalue weighted by Crippen LogP contribution is 2.34. The van der Waals surface area contributed by atoms with Crippen LogP contribution in [0.25, 0.3) is 0 Å². The summed E-state index contributed by atoms with van der Waals surface area (Å²) in [5.74, 6) is 0.471. The third-order valence-corrected chi connectivity index (χ3v) is 6.62. The molecule has 0 aromatic heterocycles. The lowest BCUT2D eigenvalue weighted by Crippen LogP contribution is -2.60. The molecule has 2 aromatic carbocycles. The Hall–Kier alpha value is -2.18. The Morgan fingerprint density at radius 2 is 1.68 bits per heavy atom. The summed E-state index contributed by atoms with van der Waals surface area (Å²) >= 11 is 0. The maximum Gasteiger partial charge on any atom is 0.243 e. The Kier molecular flexibility index (Phi) is 4.67. The van der Waals surface area contributed by atoms with E-state index in [1.165, 1.54) is 4.31 Å². The number of sulfonamides is 1. The van der Waals surface area contributed by atoms with Crippen LogP contribution in [-0.2, 0) is 10.0 Å². The van der Waals surface area contributed by atoms with Gasteiger partial charge in [0.2, 0.25) is 10.0 Å². The maximum absolute atomic E-state index is 12.9. The smallest absolute Gasteiger partial charge is 0.243 e. The number of hydrogen-bond acceptors (Lipinski definition) is 4. The highest BCUT2D eigenvalue weighted by atomic mass is 32.2. The lowest BCUT2D eigenvalue weighted by atomic mass is 9.91. The molecule has 0 aliphatic carbocycles. The monoisotopic (exact) mass is 359 g/mol. The van der Waals surface area contributed by atoms with Crippen molar-refractivity contribution < 1.29 is 17.9 Å². The Labute approximate surface area is 148 Å². The molecule has 6 heteroatoms. The Bertz CT molecular complexity index is 873. The van der Waals surface area contributed by atoms with Gasteiger partial charge < -0.3 is 4.74 Å². The van der Waals surface area contributed by atoms with Crippen LogP contribution in [-0.4, -0.2) is 37.7 Å². The lowest BCUT2D eigenvalue weighted by Gasteiger charge is -2.44. The van der Waals surface area contributed by atoms with Crippen LogP contribution >= 0.6 is 0 Å². The molecule has 132 valence electrons. The van der Waals surface area contributed by atoms with Crippen molar-refractivity contribution in [1.82, 2.24) is 4.31 Å². The number of aryl methyl sites for hydroxylation is 1. The SMILES string of the molecule is COc1ccc(C(=O)[C@@H]2C[C@H](C)N2S(=O)(=O)c2ccc(C)cc2)cc1. The highest BCUT2D eigenvalue weighted by Gasteiger charge is 2.48. The minimum Gasteiger partial charge on any atom is -0.497 e. The fraction of sp³-hybridized carbons (Fsp3) is 0.316. The molecule has 0 unspecified atom stereocenters. The molecule has 1 fully saturated rings. The molecule has 1 aliphatic heterocycles. The fourth-order valence-electron chi connectivity index (χ4n) is 3.11. The lowest BCUT2D eigenvalue weighted by molar-refractivity contribution is 0.0674. The number of Topliss-reactive ketones (excluding diaryl/α,β-unsaturated/α-hetero) is 1. The fourth-order valence-corrected chi connectivity index (χ4v) is 4.91. The van der Waals surface area contributed by atoms with Crippen molar-refractivity contribution in [2.24, 2.45) is 0 Å². The maximum atomic E-state index is 12.9. The van der Waals surface area contributed by atoms with E-state index in [4.69, 9.17) is 4.74 Å². The van der Waals surface area contributed by atoms with Crippen molar-refractivity contribution in [1.29, 1.82) is 0 Å². The first-order valence-electron chi connectivity index (χ1n) is 8.13. The molecular formula is C19H21NO4S. The first-order valence-corrected chi connectivity index (χ1v) is 9.57. The number of nitrogens with zero attached hydrogens (tertiary/aromatic N) is 1. The number of hydrogen-bond donors (Lipinski definition) is 0. The molecule has 0 spiro atoms. The number of methoxy groups -OCH3 is 1. The second kappa shape index (κ2) is 6.61. The van der Waals surface area contributed by atoms with E-state index in [0.717, 1.165) is 5.56 Å². The molecule has 5 nitrogen and oxygen atoms in total. The van der Waals surface area contributed by atoms with Gasteiger partial charge in [-0.3, -0.25) is 4.79 Å². The molecule has 3 rings (SSSR count). The van der Waals surface area contributed by atoms with Crippen molar-refractivity contribution in [3.63, 3.8) is 0 Å². The average molecular weight is 359 g/mol. The van der Waals surface area contributed by atoms with E-state index in [1.54, 1.807) is 55.6 Å². The van der Waals surface area contributed by atoms with Crippen molar-refractivity contribution in [3.05, 3.63) is 59.7 Å². The van der Waals surface area contributed by atoms with Gasteiger partial charge in [-0.25, -0.2) is 8.42 Å². The summed E-state index contributed by atoms with van der Waals surface area (Å²) in [6.45, 7) is 3.72. The van der Waals surface area contributed by atoms with E-state index in [9.17, 15) is 13.2 Å². The van der Waals surface area contributed by atoms with E-state index in [1.807, 2.05) is 13.8 Å². The summed E-state index contributed by atoms with van der Waals surface area (Å²) in [6, 6.07) is 12.6. The minimum absolute atomic E-state index is 0.184. The summed E-state index contributed by atoms with van der Waals surface area (Å²) in [7, 11) is -2.14. The van der Waals surface area contributed by atoms with Crippen molar-refractivity contribution in [2.75, 3.05) is 7.11 Å². The molecule has 0 amide bonds. The van der Waals surface area contributed by atoms with Crippen LogP contribution in [0.15, 0.2) is 53.4 Å². The number of rotatable bonds is 5. The molecule has 1 saturated heterocycles. The van der Waals surface area contributed by atoms with Crippen LogP contribution in [0.4, 0.5) is 0 Å². The molecule has 25 heavy (non-hydrogen) atoms. The Balaban J connectivity index is 1.87. The quantitative estimate of drug-likeness (QED) is 0.770. The van der Waals surface area contributed by atoms with E-state index >= 15 is 0 Å². The van der Waals surface area contributed by atoms with Gasteiger partial charge in [0.15, 0.2) is 5.78 Å². The van der Waals surface area contributed by atoms with Crippen molar-refractivity contribution >= 4 is 15.8 Å². The van der Waals surface area contributed by atoms with Gasteiger partial charge in [0.05, 0.1) is 18.0 Å². The predicted octanol–water partition coefficient (Wildman–Crippen LogP) is 3.04. The third-order valence-electron chi connectivity index (χ3n) is 4.58. The van der Waals surface area contributed by atoms with Gasteiger partial charge >= 0.3 is 0 Å². The summed E-state index contributed by atoms with van der Waals surface area (Å²) in [5.41, 5.74) is 1.48. The van der Waals surface area contributed by atoms with Crippen LogP contribution < -0.4 is 4.74 Å². The van der Waals surface area contributed by atoms with Crippen LogP contribution in [0.2, 0.25) is 0 Å². The van der Waals surface area contributed by atoms with Gasteiger partial charge in [-0.2, -0.15) is 4.31 Å². The first-order chi connectivity index (χ1) is 11.8. The number of benzene rings is 2. The summed E-state index contributed by atoms with van der Waals surface area (Å²) in [4.78, 5) is 13.0. The number of carbonyl (C=O) groups excluding carboxylic acids is 1. The molecule has 1 heterocycles. The van der Waals surface area contributed by atoms with Gasteiger partial charge in [0, 0.05) is 11.6 Å². The number of ketones is 1. The molecule has 0 bridgehead atoms. The number of carbonyl (C=O) groups is 1. The third kappa shape index (κ3) is 3.19.